The number of hydrogen-bond acceptors (Lipinski definition) is 5. The van der Waals surface area contributed by atoms with Gasteiger partial charge in [-0.05, 0) is 44.6 Å². The molecule has 1 aliphatic heterocycles. The van der Waals surface area contributed by atoms with E-state index < -0.39 is 5.91 Å². The third-order valence-electron chi connectivity index (χ3n) is 5.12. The van der Waals surface area contributed by atoms with Crippen molar-refractivity contribution in [1.82, 2.24) is 14.9 Å². The van der Waals surface area contributed by atoms with Crippen LogP contribution in [0.25, 0.3) is 0 Å². The largest absolute Gasteiger partial charge is 0.382 e. The standard InChI is InChI=1S/C17H24N6O2/c1-10(24)22-16(19)14-13-6-7-23(17(25)15(13)21-9-20-14)12-4-2-11(8-18)3-5-12/h9,11-12H,2-8,18H2,1H3,(H2,19,22,24). The average molecular weight is 344 g/mol. The summed E-state index contributed by atoms with van der Waals surface area (Å²) in [6.45, 7) is 2.65. The first-order valence-electron chi connectivity index (χ1n) is 8.71. The second kappa shape index (κ2) is 7.26. The number of hydrogen-bond donors (Lipinski definition) is 2. The first-order valence-corrected chi connectivity index (χ1v) is 8.71. The van der Waals surface area contributed by atoms with Crippen LogP contribution < -0.4 is 11.5 Å². The smallest absolute Gasteiger partial charge is 0.273 e. The summed E-state index contributed by atoms with van der Waals surface area (Å²) in [6.07, 6.45) is 6.01. The Hall–Kier alpha value is -2.35. The lowest BCUT2D eigenvalue weighted by atomic mass is 9.84. The highest BCUT2D eigenvalue weighted by molar-refractivity contribution is 6.05. The summed E-state index contributed by atoms with van der Waals surface area (Å²) in [7, 11) is 0. The third-order valence-corrected chi connectivity index (χ3v) is 5.12. The van der Waals surface area contributed by atoms with Crippen molar-refractivity contribution in [3.05, 3.63) is 23.3 Å². The minimum atomic E-state index is -0.398. The molecular formula is C17H24N6O2. The topological polar surface area (TPSA) is 128 Å². The molecular weight excluding hydrogens is 320 g/mol. The highest BCUT2D eigenvalue weighted by atomic mass is 16.2. The summed E-state index contributed by atoms with van der Waals surface area (Å²) in [4.78, 5) is 38.1. The molecule has 3 rings (SSSR count). The van der Waals surface area contributed by atoms with E-state index in [1.54, 1.807) is 0 Å². The number of carbonyl (C=O) groups is 2. The number of aromatic nitrogens is 2. The number of aliphatic imine (C=N–C) groups is 1. The van der Waals surface area contributed by atoms with Crippen LogP contribution in [0.3, 0.4) is 0 Å². The van der Waals surface area contributed by atoms with E-state index in [2.05, 4.69) is 15.0 Å². The van der Waals surface area contributed by atoms with Gasteiger partial charge in [-0.25, -0.2) is 9.97 Å². The molecule has 1 fully saturated rings. The van der Waals surface area contributed by atoms with Crippen LogP contribution in [0, 0.1) is 5.92 Å². The van der Waals surface area contributed by atoms with Crippen LogP contribution >= 0.6 is 0 Å². The summed E-state index contributed by atoms with van der Waals surface area (Å²) >= 11 is 0. The Balaban J connectivity index is 1.83. The van der Waals surface area contributed by atoms with Crippen LogP contribution in [-0.4, -0.2) is 51.6 Å². The normalized spacial score (nSPS) is 24.2. The highest BCUT2D eigenvalue weighted by Gasteiger charge is 2.34. The number of nitrogens with two attached hydrogens (primary N) is 2. The molecule has 2 amide bonds. The Morgan fingerprint density at radius 3 is 2.68 bits per heavy atom. The van der Waals surface area contributed by atoms with Crippen LogP contribution in [0.15, 0.2) is 11.3 Å². The van der Waals surface area contributed by atoms with Crippen molar-refractivity contribution in [2.75, 3.05) is 13.1 Å². The first-order chi connectivity index (χ1) is 12.0. The Bertz CT molecular complexity index is 709. The molecule has 1 saturated carbocycles. The van der Waals surface area contributed by atoms with Gasteiger partial charge >= 0.3 is 0 Å². The molecule has 0 spiro atoms. The van der Waals surface area contributed by atoms with Crippen molar-refractivity contribution in [3.8, 4) is 0 Å². The van der Waals surface area contributed by atoms with Crippen molar-refractivity contribution < 1.29 is 9.59 Å². The van der Waals surface area contributed by atoms with Crippen LogP contribution in [0.1, 0.15) is 54.4 Å². The molecule has 8 nitrogen and oxygen atoms in total. The molecule has 0 unspecified atom stereocenters. The fraction of sp³-hybridized carbons (Fsp3) is 0.588. The van der Waals surface area contributed by atoms with Crippen molar-refractivity contribution >= 4 is 17.6 Å². The summed E-state index contributed by atoms with van der Waals surface area (Å²) in [5, 5.41) is 0. The Morgan fingerprint density at radius 1 is 1.32 bits per heavy atom. The predicted octanol–water partition coefficient (Wildman–Crippen LogP) is 0.244. The van der Waals surface area contributed by atoms with Crippen LogP contribution in [0.5, 0.6) is 0 Å². The number of amides is 2. The second-order valence-corrected chi connectivity index (χ2v) is 6.72. The van der Waals surface area contributed by atoms with Crippen molar-refractivity contribution in [1.29, 1.82) is 0 Å². The molecule has 8 heteroatoms. The molecule has 0 saturated heterocycles. The SMILES string of the molecule is CC(=O)N=C(N)c1ncnc2c1CCN(C1CCC(CN)CC1)C2=O. The van der Waals surface area contributed by atoms with E-state index in [4.69, 9.17) is 11.5 Å². The number of amidine groups is 1. The lowest BCUT2D eigenvalue weighted by molar-refractivity contribution is -0.115. The van der Waals surface area contributed by atoms with Crippen molar-refractivity contribution in [3.63, 3.8) is 0 Å². The number of rotatable bonds is 3. The molecule has 1 aromatic rings. The highest BCUT2D eigenvalue weighted by Crippen LogP contribution is 2.30. The van der Waals surface area contributed by atoms with E-state index in [1.807, 2.05) is 4.90 Å². The molecule has 134 valence electrons. The summed E-state index contributed by atoms with van der Waals surface area (Å²) in [5.74, 6) is 0.123. The average Bonchev–Trinajstić information content (AvgIpc) is 2.61. The Kier molecular flexibility index (Phi) is 5.08. The quantitative estimate of drug-likeness (QED) is 0.597. The maximum Gasteiger partial charge on any atom is 0.273 e. The van der Waals surface area contributed by atoms with Gasteiger partial charge in [0.15, 0.2) is 5.84 Å². The molecule has 2 heterocycles. The van der Waals surface area contributed by atoms with Crippen molar-refractivity contribution in [2.45, 2.75) is 45.1 Å². The van der Waals surface area contributed by atoms with E-state index in [0.29, 0.717) is 35.8 Å². The van der Waals surface area contributed by atoms with Gasteiger partial charge < -0.3 is 16.4 Å². The van der Waals surface area contributed by atoms with Crippen LogP contribution in [0.2, 0.25) is 0 Å². The van der Waals surface area contributed by atoms with Crippen LogP contribution in [-0.2, 0) is 11.2 Å². The molecule has 0 bridgehead atoms. The van der Waals surface area contributed by atoms with Gasteiger partial charge in [-0.15, -0.1) is 0 Å². The zero-order valence-corrected chi connectivity index (χ0v) is 14.4. The van der Waals surface area contributed by atoms with Gasteiger partial charge in [0, 0.05) is 25.1 Å². The first kappa shape index (κ1) is 17.5. The van der Waals surface area contributed by atoms with Gasteiger partial charge in [0.25, 0.3) is 5.91 Å². The van der Waals surface area contributed by atoms with Gasteiger partial charge in [0.2, 0.25) is 5.91 Å². The van der Waals surface area contributed by atoms with Gasteiger partial charge in [0.1, 0.15) is 17.7 Å². The maximum absolute atomic E-state index is 12.9. The van der Waals surface area contributed by atoms with E-state index in [9.17, 15) is 9.59 Å². The molecule has 2 aliphatic rings. The zero-order chi connectivity index (χ0) is 18.0. The summed E-state index contributed by atoms with van der Waals surface area (Å²) < 4.78 is 0. The third kappa shape index (κ3) is 3.53. The van der Waals surface area contributed by atoms with Gasteiger partial charge in [-0.2, -0.15) is 4.99 Å². The predicted molar refractivity (Wildman–Crippen MR) is 93.0 cm³/mol. The van der Waals surface area contributed by atoms with Gasteiger partial charge in [-0.3, -0.25) is 9.59 Å². The van der Waals surface area contributed by atoms with Gasteiger partial charge in [-0.1, -0.05) is 0 Å². The molecule has 0 radical (unpaired) electrons. The number of fused-ring (bicyclic) bond motifs is 1. The maximum atomic E-state index is 12.9. The molecule has 25 heavy (non-hydrogen) atoms. The molecule has 1 aromatic heterocycles. The lowest BCUT2D eigenvalue weighted by Gasteiger charge is -2.39. The van der Waals surface area contributed by atoms with E-state index in [0.717, 1.165) is 32.2 Å². The fourth-order valence-corrected chi connectivity index (χ4v) is 3.79. The Morgan fingerprint density at radius 2 is 2.04 bits per heavy atom. The van der Waals surface area contributed by atoms with E-state index >= 15 is 0 Å². The zero-order valence-electron chi connectivity index (χ0n) is 14.4. The van der Waals surface area contributed by atoms with Crippen molar-refractivity contribution in [2.24, 2.45) is 22.4 Å². The lowest BCUT2D eigenvalue weighted by Crippen LogP contribution is -2.47. The summed E-state index contributed by atoms with van der Waals surface area (Å²) in [5.41, 5.74) is 13.1. The van der Waals surface area contributed by atoms with Gasteiger partial charge in [0.05, 0.1) is 0 Å². The minimum Gasteiger partial charge on any atom is -0.382 e. The number of nitrogens with zero attached hydrogens (tertiary/aromatic N) is 4. The molecule has 4 N–H and O–H groups in total. The minimum absolute atomic E-state index is 0.0378. The molecule has 1 aliphatic carbocycles. The van der Waals surface area contributed by atoms with Crippen LogP contribution in [0.4, 0.5) is 0 Å². The fourth-order valence-electron chi connectivity index (χ4n) is 3.79. The Labute approximate surface area is 146 Å². The monoisotopic (exact) mass is 344 g/mol. The second-order valence-electron chi connectivity index (χ2n) is 6.72. The summed E-state index contributed by atoms with van der Waals surface area (Å²) in [6, 6.07) is 0.241. The van der Waals surface area contributed by atoms with E-state index in [1.165, 1.54) is 13.3 Å². The molecule has 0 aromatic carbocycles. The number of carbonyl (C=O) groups excluding carboxylic acids is 2. The molecule has 0 atom stereocenters. The van der Waals surface area contributed by atoms with E-state index in [-0.39, 0.29) is 17.8 Å².